The number of nitro benzene ring substituents is 1. The average molecular weight is 356 g/mol. The van der Waals surface area contributed by atoms with Crippen LogP contribution in [0.15, 0.2) is 54.9 Å². The molecule has 0 amide bonds. The maximum Gasteiger partial charge on any atom is 0.272 e. The molecule has 0 radical (unpaired) electrons. The van der Waals surface area contributed by atoms with Crippen molar-refractivity contribution in [3.63, 3.8) is 0 Å². The number of nitrogens with zero attached hydrogens (tertiary/aromatic N) is 3. The van der Waals surface area contributed by atoms with Crippen LogP contribution in [0.5, 0.6) is 17.4 Å². The summed E-state index contributed by atoms with van der Waals surface area (Å²) in [5, 5.41) is 22.9. The van der Waals surface area contributed by atoms with E-state index in [0.717, 1.165) is 17.7 Å². The number of nitrogens with one attached hydrogen (secondary N) is 1. The number of phenolic OH excluding ortho intramolecular Hbond substituents is 1. The van der Waals surface area contributed by atoms with Gasteiger partial charge in [0, 0.05) is 18.7 Å². The third-order valence-corrected chi connectivity index (χ3v) is 3.39. The molecule has 0 atom stereocenters. The standard InChI is InChI=1S/C17H13FN4O4/c18-14-7-12(22(24)25)3-6-15(14)26-17-8-16(20-10-21-17)19-9-11-1-4-13(23)5-2-11/h1-8,10,23H,9H2,(H,19,20,21). The van der Waals surface area contributed by atoms with Gasteiger partial charge in [0.05, 0.1) is 11.0 Å². The fraction of sp³-hybridized carbons (Fsp3) is 0.0588. The molecular weight excluding hydrogens is 343 g/mol. The first-order valence-corrected chi connectivity index (χ1v) is 7.47. The van der Waals surface area contributed by atoms with E-state index in [0.29, 0.717) is 12.4 Å². The zero-order valence-corrected chi connectivity index (χ0v) is 13.3. The van der Waals surface area contributed by atoms with Crippen molar-refractivity contribution in [1.82, 2.24) is 9.97 Å². The minimum Gasteiger partial charge on any atom is -0.508 e. The summed E-state index contributed by atoms with van der Waals surface area (Å²) in [7, 11) is 0. The summed E-state index contributed by atoms with van der Waals surface area (Å²) >= 11 is 0. The molecule has 0 saturated heterocycles. The van der Waals surface area contributed by atoms with Crippen LogP contribution >= 0.6 is 0 Å². The minimum atomic E-state index is -0.864. The van der Waals surface area contributed by atoms with Gasteiger partial charge < -0.3 is 15.2 Å². The lowest BCUT2D eigenvalue weighted by molar-refractivity contribution is -0.385. The average Bonchev–Trinajstić information content (AvgIpc) is 2.63. The van der Waals surface area contributed by atoms with Gasteiger partial charge in [-0.15, -0.1) is 0 Å². The fourth-order valence-electron chi connectivity index (χ4n) is 2.10. The normalized spacial score (nSPS) is 10.3. The summed E-state index contributed by atoms with van der Waals surface area (Å²) in [6, 6.07) is 11.2. The topological polar surface area (TPSA) is 110 Å². The molecule has 3 rings (SSSR count). The highest BCUT2D eigenvalue weighted by Gasteiger charge is 2.13. The molecule has 0 saturated carbocycles. The summed E-state index contributed by atoms with van der Waals surface area (Å²) in [6.07, 6.45) is 1.25. The molecule has 2 N–H and O–H groups in total. The van der Waals surface area contributed by atoms with Crippen LogP contribution in [0.1, 0.15) is 5.56 Å². The Hall–Kier alpha value is -3.75. The number of benzene rings is 2. The van der Waals surface area contributed by atoms with E-state index in [4.69, 9.17) is 4.74 Å². The number of aromatic hydroxyl groups is 1. The number of hydrogen-bond acceptors (Lipinski definition) is 7. The van der Waals surface area contributed by atoms with Gasteiger partial charge in [0.15, 0.2) is 11.6 Å². The van der Waals surface area contributed by atoms with Crippen molar-refractivity contribution in [2.75, 3.05) is 5.32 Å². The first kappa shape index (κ1) is 17.1. The minimum absolute atomic E-state index is 0.0842. The maximum atomic E-state index is 13.9. The SMILES string of the molecule is O=[N+]([O-])c1ccc(Oc2cc(NCc3ccc(O)cc3)ncn2)c(F)c1. The van der Waals surface area contributed by atoms with Crippen LogP contribution in [-0.4, -0.2) is 20.0 Å². The van der Waals surface area contributed by atoms with Crippen LogP contribution < -0.4 is 10.1 Å². The molecule has 9 heteroatoms. The highest BCUT2D eigenvalue weighted by molar-refractivity contribution is 5.42. The lowest BCUT2D eigenvalue weighted by atomic mass is 10.2. The van der Waals surface area contributed by atoms with Crippen molar-refractivity contribution >= 4 is 11.5 Å². The van der Waals surface area contributed by atoms with Crippen molar-refractivity contribution in [3.8, 4) is 17.4 Å². The lowest BCUT2D eigenvalue weighted by Gasteiger charge is -2.08. The van der Waals surface area contributed by atoms with Crippen LogP contribution in [0.25, 0.3) is 0 Å². The van der Waals surface area contributed by atoms with Gasteiger partial charge in [-0.2, -0.15) is 0 Å². The number of phenols is 1. The largest absolute Gasteiger partial charge is 0.508 e. The molecule has 1 aromatic heterocycles. The molecule has 0 aliphatic carbocycles. The van der Waals surface area contributed by atoms with Gasteiger partial charge in [0.2, 0.25) is 5.88 Å². The Kier molecular flexibility index (Phi) is 4.88. The zero-order valence-electron chi connectivity index (χ0n) is 13.3. The smallest absolute Gasteiger partial charge is 0.272 e. The van der Waals surface area contributed by atoms with Gasteiger partial charge in [0.1, 0.15) is 17.9 Å². The summed E-state index contributed by atoms with van der Waals surface area (Å²) in [6.45, 7) is 0.447. The highest BCUT2D eigenvalue weighted by Crippen LogP contribution is 2.27. The lowest BCUT2D eigenvalue weighted by Crippen LogP contribution is -2.02. The van der Waals surface area contributed by atoms with Crippen LogP contribution in [0.4, 0.5) is 15.9 Å². The number of hydrogen-bond donors (Lipinski definition) is 2. The van der Waals surface area contributed by atoms with E-state index in [1.807, 2.05) is 0 Å². The van der Waals surface area contributed by atoms with Gasteiger partial charge in [-0.1, -0.05) is 12.1 Å². The zero-order chi connectivity index (χ0) is 18.5. The van der Waals surface area contributed by atoms with Crippen LogP contribution in [0.3, 0.4) is 0 Å². The molecule has 0 spiro atoms. The number of halogens is 1. The third kappa shape index (κ3) is 4.20. The third-order valence-electron chi connectivity index (χ3n) is 3.39. The van der Waals surface area contributed by atoms with E-state index < -0.39 is 10.7 Å². The second-order valence-corrected chi connectivity index (χ2v) is 5.24. The van der Waals surface area contributed by atoms with E-state index in [2.05, 4.69) is 15.3 Å². The molecule has 0 aliphatic rings. The number of ether oxygens (including phenoxy) is 1. The predicted molar refractivity (Wildman–Crippen MR) is 90.6 cm³/mol. The molecule has 132 valence electrons. The molecule has 3 aromatic rings. The molecule has 0 bridgehead atoms. The Bertz CT molecular complexity index is 934. The molecule has 8 nitrogen and oxygen atoms in total. The number of anilines is 1. The first-order chi connectivity index (χ1) is 12.5. The number of non-ortho nitro benzene ring substituents is 1. The van der Waals surface area contributed by atoms with Gasteiger partial charge in [-0.05, 0) is 23.8 Å². The van der Waals surface area contributed by atoms with Crippen molar-refractivity contribution < 1.29 is 19.2 Å². The van der Waals surface area contributed by atoms with Crippen molar-refractivity contribution in [2.45, 2.75) is 6.54 Å². The van der Waals surface area contributed by atoms with Crippen molar-refractivity contribution in [3.05, 3.63) is 76.4 Å². The van der Waals surface area contributed by atoms with Gasteiger partial charge in [0.25, 0.3) is 5.69 Å². The monoisotopic (exact) mass is 356 g/mol. The molecule has 0 aliphatic heterocycles. The Balaban J connectivity index is 1.69. The quantitative estimate of drug-likeness (QED) is 0.512. The molecular formula is C17H13FN4O4. The molecule has 26 heavy (non-hydrogen) atoms. The van der Waals surface area contributed by atoms with Gasteiger partial charge >= 0.3 is 0 Å². The van der Waals surface area contributed by atoms with Crippen molar-refractivity contribution in [1.29, 1.82) is 0 Å². The summed E-state index contributed by atoms with van der Waals surface area (Å²) in [5.74, 6) is -0.335. The van der Waals surface area contributed by atoms with Gasteiger partial charge in [-0.25, -0.2) is 14.4 Å². The molecule has 1 heterocycles. The molecule has 2 aromatic carbocycles. The van der Waals surface area contributed by atoms with Crippen LogP contribution in [0.2, 0.25) is 0 Å². The fourth-order valence-corrected chi connectivity index (χ4v) is 2.10. The van der Waals surface area contributed by atoms with E-state index in [9.17, 15) is 19.6 Å². The maximum absolute atomic E-state index is 13.9. The first-order valence-electron chi connectivity index (χ1n) is 7.47. The number of nitro groups is 1. The van der Waals surface area contributed by atoms with E-state index in [-0.39, 0.29) is 23.1 Å². The summed E-state index contributed by atoms with van der Waals surface area (Å²) < 4.78 is 19.2. The second kappa shape index (κ2) is 7.43. The van der Waals surface area contributed by atoms with Crippen LogP contribution in [-0.2, 0) is 6.54 Å². The number of aromatic nitrogens is 2. The second-order valence-electron chi connectivity index (χ2n) is 5.24. The Morgan fingerprint density at radius 3 is 2.62 bits per heavy atom. The number of rotatable bonds is 6. The predicted octanol–water partition coefficient (Wildman–Crippen LogP) is 3.63. The molecule has 0 unspecified atom stereocenters. The molecule has 0 fully saturated rings. The van der Waals surface area contributed by atoms with E-state index >= 15 is 0 Å². The Labute approximate surface area is 147 Å². The van der Waals surface area contributed by atoms with E-state index in [1.165, 1.54) is 18.5 Å². The summed E-state index contributed by atoms with van der Waals surface area (Å²) in [5.41, 5.74) is 0.555. The van der Waals surface area contributed by atoms with Crippen LogP contribution in [0, 0.1) is 15.9 Å². The van der Waals surface area contributed by atoms with Gasteiger partial charge in [-0.3, -0.25) is 10.1 Å². The highest BCUT2D eigenvalue weighted by atomic mass is 19.1. The summed E-state index contributed by atoms with van der Waals surface area (Å²) in [4.78, 5) is 17.9. The van der Waals surface area contributed by atoms with Crippen molar-refractivity contribution in [2.24, 2.45) is 0 Å². The Morgan fingerprint density at radius 2 is 1.92 bits per heavy atom. The van der Waals surface area contributed by atoms with E-state index in [1.54, 1.807) is 24.3 Å². The Morgan fingerprint density at radius 1 is 1.15 bits per heavy atom.